The van der Waals surface area contributed by atoms with Gasteiger partial charge in [0.2, 0.25) is 47.3 Å². The van der Waals surface area contributed by atoms with Crippen molar-refractivity contribution < 1.29 is 63.3 Å². The number of aliphatic carboxylic acids is 2. The van der Waals surface area contributed by atoms with Crippen LogP contribution in [-0.4, -0.2) is 131 Å². The maximum atomic E-state index is 13.4. The quantitative estimate of drug-likeness (QED) is 0.0389. The molecule has 56 heavy (non-hydrogen) atoms. The SMILES string of the molecule is C[C@H](NC(=O)CNC(=O)[C@H](CCCCN)NC(=O)CNC(=O)[C@H](CC(=O)O)NC(=O)[C@H](Cc1ccc(O)cc1)NC(=O)[C@@H](N)CCC(N)=O)C(=O)NCC(=O)O. The number of phenols is 1. The molecule has 5 atom stereocenters. The molecule has 23 heteroatoms. The lowest BCUT2D eigenvalue weighted by atomic mass is 10.0. The van der Waals surface area contributed by atoms with Gasteiger partial charge in [0.15, 0.2) is 0 Å². The largest absolute Gasteiger partial charge is 0.508 e. The summed E-state index contributed by atoms with van der Waals surface area (Å²) in [5.41, 5.74) is 16.9. The van der Waals surface area contributed by atoms with Crippen LogP contribution in [-0.2, 0) is 54.4 Å². The van der Waals surface area contributed by atoms with E-state index in [1.54, 1.807) is 0 Å². The Morgan fingerprint density at radius 3 is 1.75 bits per heavy atom. The highest BCUT2D eigenvalue weighted by Gasteiger charge is 2.30. The van der Waals surface area contributed by atoms with Crippen LogP contribution >= 0.6 is 0 Å². The predicted octanol–water partition coefficient (Wildman–Crippen LogP) is -5.48. The van der Waals surface area contributed by atoms with Crippen molar-refractivity contribution in [2.75, 3.05) is 26.2 Å². The maximum Gasteiger partial charge on any atom is 0.322 e. The van der Waals surface area contributed by atoms with Gasteiger partial charge in [-0.25, -0.2) is 0 Å². The van der Waals surface area contributed by atoms with Crippen LogP contribution in [0.4, 0.5) is 0 Å². The number of aromatic hydroxyl groups is 1. The van der Waals surface area contributed by atoms with E-state index >= 15 is 0 Å². The molecule has 0 saturated heterocycles. The van der Waals surface area contributed by atoms with Gasteiger partial charge in [0, 0.05) is 12.8 Å². The number of carbonyl (C=O) groups is 10. The van der Waals surface area contributed by atoms with Crippen molar-refractivity contribution in [3.63, 3.8) is 0 Å². The molecule has 1 rings (SSSR count). The Labute approximate surface area is 320 Å². The zero-order valence-corrected chi connectivity index (χ0v) is 30.6. The molecular weight excluding hydrogens is 744 g/mol. The van der Waals surface area contributed by atoms with E-state index in [4.69, 9.17) is 22.3 Å². The number of carboxylic acids is 2. The first-order valence-electron chi connectivity index (χ1n) is 17.3. The fraction of sp³-hybridized carbons (Fsp3) is 0.515. The van der Waals surface area contributed by atoms with Crippen LogP contribution in [0.5, 0.6) is 5.75 Å². The van der Waals surface area contributed by atoms with E-state index in [1.807, 2.05) is 0 Å². The number of nitrogens with two attached hydrogens (primary N) is 3. The smallest absolute Gasteiger partial charge is 0.322 e. The van der Waals surface area contributed by atoms with Crippen LogP contribution in [0.3, 0.4) is 0 Å². The van der Waals surface area contributed by atoms with Crippen molar-refractivity contribution in [3.05, 3.63) is 29.8 Å². The molecule has 0 aliphatic rings. The summed E-state index contributed by atoms with van der Waals surface area (Å²) >= 11 is 0. The van der Waals surface area contributed by atoms with Crippen molar-refractivity contribution in [1.82, 2.24) is 37.2 Å². The Morgan fingerprint density at radius 2 is 1.20 bits per heavy atom. The fourth-order valence-corrected chi connectivity index (χ4v) is 4.70. The minimum absolute atomic E-state index is 0.0519. The van der Waals surface area contributed by atoms with Gasteiger partial charge in [-0.15, -0.1) is 0 Å². The van der Waals surface area contributed by atoms with Gasteiger partial charge in [-0.2, -0.15) is 0 Å². The zero-order chi connectivity index (χ0) is 42.4. The number of hydrogen-bond donors (Lipinski definition) is 13. The van der Waals surface area contributed by atoms with Gasteiger partial charge < -0.3 is 69.7 Å². The molecule has 0 aliphatic carbocycles. The van der Waals surface area contributed by atoms with E-state index in [0.717, 1.165) is 0 Å². The third-order valence-electron chi connectivity index (χ3n) is 7.69. The zero-order valence-electron chi connectivity index (χ0n) is 30.6. The fourth-order valence-electron chi connectivity index (χ4n) is 4.70. The Hall–Kier alpha value is -6.36. The molecule has 0 aromatic heterocycles. The first kappa shape index (κ1) is 47.7. The third-order valence-corrected chi connectivity index (χ3v) is 7.69. The van der Waals surface area contributed by atoms with Crippen molar-refractivity contribution in [2.45, 2.75) is 82.1 Å². The van der Waals surface area contributed by atoms with E-state index in [2.05, 4.69) is 37.2 Å². The second-order valence-corrected chi connectivity index (χ2v) is 12.4. The Kier molecular flexibility index (Phi) is 21.2. The number of benzene rings is 1. The normalized spacial score (nSPS) is 13.3. The summed E-state index contributed by atoms with van der Waals surface area (Å²) in [6.07, 6.45) is -0.668. The molecule has 0 unspecified atom stereocenters. The van der Waals surface area contributed by atoms with Crippen molar-refractivity contribution in [2.24, 2.45) is 17.2 Å². The van der Waals surface area contributed by atoms with Crippen molar-refractivity contribution in [3.8, 4) is 5.75 Å². The number of primary amides is 1. The number of amides is 8. The molecule has 1 aromatic carbocycles. The Bertz CT molecular complexity index is 1570. The van der Waals surface area contributed by atoms with Crippen LogP contribution in [0.2, 0.25) is 0 Å². The van der Waals surface area contributed by atoms with E-state index in [0.29, 0.717) is 18.4 Å². The second kappa shape index (κ2) is 24.9. The van der Waals surface area contributed by atoms with Gasteiger partial charge >= 0.3 is 11.9 Å². The summed E-state index contributed by atoms with van der Waals surface area (Å²) in [5.74, 6) is -9.94. The molecule has 0 spiro atoms. The first-order valence-corrected chi connectivity index (χ1v) is 17.3. The molecular formula is C33H50N10O13. The van der Waals surface area contributed by atoms with Gasteiger partial charge in [0.1, 0.15) is 36.5 Å². The number of phenolic OH excluding ortho intramolecular Hbond substituents is 1. The van der Waals surface area contributed by atoms with Crippen LogP contribution in [0.15, 0.2) is 24.3 Å². The predicted molar refractivity (Wildman–Crippen MR) is 193 cm³/mol. The highest BCUT2D eigenvalue weighted by Crippen LogP contribution is 2.12. The summed E-state index contributed by atoms with van der Waals surface area (Å²) in [5, 5.41) is 43.6. The van der Waals surface area contributed by atoms with Gasteiger partial charge in [0.05, 0.1) is 25.6 Å². The van der Waals surface area contributed by atoms with Crippen LogP contribution in [0, 0.1) is 0 Å². The summed E-state index contributed by atoms with van der Waals surface area (Å²) in [4.78, 5) is 123. The monoisotopic (exact) mass is 794 g/mol. The van der Waals surface area contributed by atoms with E-state index < -0.39 is 115 Å². The molecule has 16 N–H and O–H groups in total. The average molecular weight is 795 g/mol. The standard InChI is InChI=1S/C33H50N10O13/c1-17(29(52)39-16-28(50)51)40-25(46)14-37-31(54)21(4-2-3-11-34)41-26(47)15-38-32(55)23(13-27(48)49)43-33(56)22(12-18-5-7-19(44)8-6-18)42-30(53)20(35)9-10-24(36)45/h5-8,17,20-23,44H,2-4,9-16,34-35H2,1H3,(H2,36,45)(H,37,54)(H,38,55)(H,39,52)(H,40,46)(H,41,47)(H,42,53)(H,43,56)(H,48,49)(H,50,51)/t17-,20-,21-,22-,23-/m0/s1. The van der Waals surface area contributed by atoms with E-state index in [9.17, 15) is 58.2 Å². The van der Waals surface area contributed by atoms with Gasteiger partial charge in [0.25, 0.3) is 0 Å². The minimum atomic E-state index is -1.77. The van der Waals surface area contributed by atoms with E-state index in [1.165, 1.54) is 31.2 Å². The molecule has 310 valence electrons. The molecule has 0 heterocycles. The number of carbonyl (C=O) groups excluding carboxylic acids is 8. The Balaban J connectivity index is 2.98. The average Bonchev–Trinajstić information content (AvgIpc) is 3.13. The van der Waals surface area contributed by atoms with Crippen molar-refractivity contribution in [1.29, 1.82) is 0 Å². The molecule has 0 aliphatic heterocycles. The highest BCUT2D eigenvalue weighted by molar-refractivity contribution is 5.97. The molecule has 0 fully saturated rings. The lowest BCUT2D eigenvalue weighted by molar-refractivity contribution is -0.141. The first-order chi connectivity index (χ1) is 26.3. The summed E-state index contributed by atoms with van der Waals surface area (Å²) < 4.78 is 0. The molecule has 0 saturated carbocycles. The maximum absolute atomic E-state index is 13.4. The lowest BCUT2D eigenvalue weighted by Gasteiger charge is -2.24. The summed E-state index contributed by atoms with van der Waals surface area (Å²) in [6, 6.07) is -1.32. The number of carboxylic acid groups (broad SMARTS) is 2. The summed E-state index contributed by atoms with van der Waals surface area (Å²) in [6.45, 7) is -0.541. The molecule has 1 aromatic rings. The highest BCUT2D eigenvalue weighted by atomic mass is 16.4. The molecule has 0 radical (unpaired) electrons. The molecule has 0 bridgehead atoms. The van der Waals surface area contributed by atoms with Gasteiger partial charge in [-0.05, 0) is 56.8 Å². The van der Waals surface area contributed by atoms with E-state index in [-0.39, 0.29) is 38.0 Å². The van der Waals surface area contributed by atoms with Crippen LogP contribution in [0.25, 0.3) is 0 Å². The van der Waals surface area contributed by atoms with Gasteiger partial charge in [-0.3, -0.25) is 47.9 Å². The topological polar surface area (TPSA) is 394 Å². The minimum Gasteiger partial charge on any atom is -0.508 e. The number of nitrogens with one attached hydrogen (secondary N) is 7. The van der Waals surface area contributed by atoms with Crippen LogP contribution in [0.1, 0.15) is 51.0 Å². The summed E-state index contributed by atoms with van der Waals surface area (Å²) in [7, 11) is 0. The molecule has 23 nitrogen and oxygen atoms in total. The number of unbranched alkanes of at least 4 members (excludes halogenated alkanes) is 1. The Morgan fingerprint density at radius 1 is 0.643 bits per heavy atom. The third kappa shape index (κ3) is 19.6. The van der Waals surface area contributed by atoms with Crippen molar-refractivity contribution >= 4 is 59.2 Å². The lowest BCUT2D eigenvalue weighted by Crippen LogP contribution is -2.57. The number of hydrogen-bond acceptors (Lipinski definition) is 13. The number of rotatable bonds is 26. The molecule has 8 amide bonds. The van der Waals surface area contributed by atoms with Crippen LogP contribution < -0.4 is 54.4 Å². The second-order valence-electron chi connectivity index (χ2n) is 12.4. The van der Waals surface area contributed by atoms with Gasteiger partial charge in [-0.1, -0.05) is 12.1 Å².